The molecule has 1 N–H and O–H groups in total. The maximum absolute atomic E-state index is 12.5. The maximum Gasteiger partial charge on any atom is 0.410 e. The number of piperazine rings is 1. The van der Waals surface area contributed by atoms with E-state index in [2.05, 4.69) is 5.32 Å². The summed E-state index contributed by atoms with van der Waals surface area (Å²) in [7, 11) is 0. The molecule has 1 aliphatic rings. The number of benzene rings is 2. The molecule has 0 bridgehead atoms. The van der Waals surface area contributed by atoms with Gasteiger partial charge in [0.1, 0.15) is 6.61 Å². The molecule has 2 aromatic carbocycles. The Hall–Kier alpha value is -2.70. The lowest BCUT2D eigenvalue weighted by Gasteiger charge is -2.32. The summed E-state index contributed by atoms with van der Waals surface area (Å²) in [4.78, 5) is 26.4. The second-order valence-electron chi connectivity index (χ2n) is 7.10. The topological polar surface area (TPSA) is 67.9 Å². The van der Waals surface area contributed by atoms with Gasteiger partial charge >= 0.3 is 6.09 Å². The van der Waals surface area contributed by atoms with Gasteiger partial charge in [0.2, 0.25) is 0 Å². The van der Waals surface area contributed by atoms with Crippen LogP contribution in [0.15, 0.2) is 60.7 Å². The number of ketones is 1. The molecule has 29 heavy (non-hydrogen) atoms. The van der Waals surface area contributed by atoms with Crippen molar-refractivity contribution in [2.24, 2.45) is 0 Å². The molecule has 0 radical (unpaired) electrons. The molecule has 1 heterocycles. The lowest BCUT2D eigenvalue weighted by atomic mass is 10.1. The summed E-state index contributed by atoms with van der Waals surface area (Å²) in [5.74, 6) is 0.105. The summed E-state index contributed by atoms with van der Waals surface area (Å²) >= 11 is 0. The fraction of sp³-hybridized carbons (Fsp3) is 0.391. The highest BCUT2D eigenvalue weighted by Crippen LogP contribution is 2.09. The molecule has 1 amide bonds. The molecule has 1 saturated heterocycles. The van der Waals surface area contributed by atoms with Crippen LogP contribution in [-0.2, 0) is 27.5 Å². The summed E-state index contributed by atoms with van der Waals surface area (Å²) < 4.78 is 11.0. The van der Waals surface area contributed by atoms with E-state index in [1.54, 1.807) is 4.90 Å². The fourth-order valence-electron chi connectivity index (χ4n) is 3.23. The standard InChI is InChI=1S/C23H28N2O4/c26-22(12-7-15-28-17-19-8-3-1-4-9-19)21-16-25(14-13-24-21)23(27)29-18-20-10-5-2-6-11-20/h1-6,8-11,21,24H,7,12-18H2/t21-/m0/s1. The third kappa shape index (κ3) is 7.00. The van der Waals surface area contributed by atoms with Crippen molar-refractivity contribution in [3.8, 4) is 0 Å². The third-order valence-corrected chi connectivity index (χ3v) is 4.85. The highest BCUT2D eigenvalue weighted by atomic mass is 16.6. The zero-order chi connectivity index (χ0) is 20.3. The summed E-state index contributed by atoms with van der Waals surface area (Å²) in [6, 6.07) is 19.2. The van der Waals surface area contributed by atoms with Crippen LogP contribution in [0.2, 0.25) is 0 Å². The van der Waals surface area contributed by atoms with Gasteiger partial charge < -0.3 is 19.7 Å². The lowest BCUT2D eigenvalue weighted by Crippen LogP contribution is -2.55. The minimum absolute atomic E-state index is 0.105. The van der Waals surface area contributed by atoms with Gasteiger partial charge in [0, 0.05) is 32.7 Å². The van der Waals surface area contributed by atoms with Gasteiger partial charge in [-0.1, -0.05) is 60.7 Å². The van der Waals surface area contributed by atoms with E-state index in [0.717, 1.165) is 11.1 Å². The summed E-state index contributed by atoms with van der Waals surface area (Å²) in [6.07, 6.45) is 0.723. The molecule has 0 aliphatic carbocycles. The van der Waals surface area contributed by atoms with E-state index < -0.39 is 0 Å². The van der Waals surface area contributed by atoms with Gasteiger partial charge in [0.25, 0.3) is 0 Å². The Labute approximate surface area is 171 Å². The maximum atomic E-state index is 12.5. The van der Waals surface area contributed by atoms with Crippen LogP contribution >= 0.6 is 0 Å². The van der Waals surface area contributed by atoms with E-state index in [0.29, 0.717) is 45.7 Å². The van der Waals surface area contributed by atoms with E-state index in [1.807, 2.05) is 60.7 Å². The predicted molar refractivity (Wildman–Crippen MR) is 110 cm³/mol. The first kappa shape index (κ1) is 21.0. The lowest BCUT2D eigenvalue weighted by molar-refractivity contribution is -0.122. The van der Waals surface area contributed by atoms with Crippen LogP contribution in [0.1, 0.15) is 24.0 Å². The van der Waals surface area contributed by atoms with Crippen molar-refractivity contribution in [1.82, 2.24) is 10.2 Å². The van der Waals surface area contributed by atoms with Crippen LogP contribution < -0.4 is 5.32 Å². The Morgan fingerprint density at radius 3 is 2.31 bits per heavy atom. The Kier molecular flexibility index (Phi) is 8.22. The first-order valence-electron chi connectivity index (χ1n) is 10.1. The highest BCUT2D eigenvalue weighted by molar-refractivity contribution is 5.85. The van der Waals surface area contributed by atoms with Crippen molar-refractivity contribution in [3.05, 3.63) is 71.8 Å². The minimum Gasteiger partial charge on any atom is -0.445 e. The van der Waals surface area contributed by atoms with E-state index in [-0.39, 0.29) is 24.5 Å². The molecule has 0 aromatic heterocycles. The van der Waals surface area contributed by atoms with Crippen LogP contribution in [0.3, 0.4) is 0 Å². The molecule has 2 aromatic rings. The number of rotatable bonds is 9. The molecule has 1 atom stereocenters. The van der Waals surface area contributed by atoms with Crippen molar-refractivity contribution >= 4 is 11.9 Å². The van der Waals surface area contributed by atoms with Crippen LogP contribution in [0.5, 0.6) is 0 Å². The van der Waals surface area contributed by atoms with Crippen LogP contribution in [0.4, 0.5) is 4.79 Å². The Morgan fingerprint density at radius 1 is 0.966 bits per heavy atom. The molecule has 6 heteroatoms. The molecule has 6 nitrogen and oxygen atoms in total. The molecular weight excluding hydrogens is 368 g/mol. The van der Waals surface area contributed by atoms with Crippen molar-refractivity contribution in [3.63, 3.8) is 0 Å². The van der Waals surface area contributed by atoms with Gasteiger partial charge in [-0.2, -0.15) is 0 Å². The van der Waals surface area contributed by atoms with Crippen molar-refractivity contribution < 1.29 is 19.1 Å². The molecule has 0 spiro atoms. The molecule has 154 valence electrons. The molecule has 1 fully saturated rings. The molecular formula is C23H28N2O4. The number of nitrogens with zero attached hydrogens (tertiary/aromatic N) is 1. The SMILES string of the molecule is O=C(CCCOCc1ccccc1)[C@@H]1CN(C(=O)OCc2ccccc2)CCN1. The average Bonchev–Trinajstić information content (AvgIpc) is 2.78. The number of ether oxygens (including phenoxy) is 2. The summed E-state index contributed by atoms with van der Waals surface area (Å²) in [5.41, 5.74) is 2.07. The van der Waals surface area contributed by atoms with E-state index in [9.17, 15) is 9.59 Å². The van der Waals surface area contributed by atoms with Crippen molar-refractivity contribution in [2.45, 2.75) is 32.1 Å². The van der Waals surface area contributed by atoms with E-state index in [1.165, 1.54) is 0 Å². The average molecular weight is 396 g/mol. The van der Waals surface area contributed by atoms with Crippen LogP contribution in [-0.4, -0.2) is 49.1 Å². The third-order valence-electron chi connectivity index (χ3n) is 4.85. The summed E-state index contributed by atoms with van der Waals surface area (Å²) in [6.45, 7) is 2.80. The zero-order valence-electron chi connectivity index (χ0n) is 16.6. The second kappa shape index (κ2) is 11.3. The first-order valence-corrected chi connectivity index (χ1v) is 10.1. The van der Waals surface area contributed by atoms with Crippen LogP contribution in [0, 0.1) is 0 Å². The van der Waals surface area contributed by atoms with Gasteiger partial charge in [0.05, 0.1) is 12.6 Å². The number of amides is 1. The smallest absolute Gasteiger partial charge is 0.410 e. The molecule has 0 unspecified atom stereocenters. The molecule has 1 aliphatic heterocycles. The Balaban J connectivity index is 1.34. The number of nitrogens with one attached hydrogen (secondary N) is 1. The monoisotopic (exact) mass is 396 g/mol. The summed E-state index contributed by atoms with van der Waals surface area (Å²) in [5, 5.41) is 3.20. The number of hydrogen-bond donors (Lipinski definition) is 1. The van der Waals surface area contributed by atoms with Gasteiger partial charge in [-0.05, 0) is 17.5 Å². The highest BCUT2D eigenvalue weighted by Gasteiger charge is 2.28. The first-order chi connectivity index (χ1) is 14.2. The Bertz CT molecular complexity index is 767. The molecule has 0 saturated carbocycles. The number of carbonyl (C=O) groups excluding carboxylic acids is 2. The fourth-order valence-corrected chi connectivity index (χ4v) is 3.23. The van der Waals surface area contributed by atoms with Gasteiger partial charge in [0.15, 0.2) is 5.78 Å². The largest absolute Gasteiger partial charge is 0.445 e. The van der Waals surface area contributed by atoms with E-state index >= 15 is 0 Å². The van der Waals surface area contributed by atoms with Gasteiger partial charge in [-0.15, -0.1) is 0 Å². The van der Waals surface area contributed by atoms with E-state index in [4.69, 9.17) is 9.47 Å². The van der Waals surface area contributed by atoms with Crippen LogP contribution in [0.25, 0.3) is 0 Å². The van der Waals surface area contributed by atoms with Crippen molar-refractivity contribution in [2.75, 3.05) is 26.2 Å². The number of hydrogen-bond acceptors (Lipinski definition) is 5. The van der Waals surface area contributed by atoms with Gasteiger partial charge in [-0.3, -0.25) is 4.79 Å². The molecule has 3 rings (SSSR count). The predicted octanol–water partition coefficient (Wildman–Crippen LogP) is 3.16. The van der Waals surface area contributed by atoms with Gasteiger partial charge in [-0.25, -0.2) is 4.79 Å². The quantitative estimate of drug-likeness (QED) is 0.660. The number of Topliss-reactive ketones (excluding diaryl/α,β-unsaturated/α-hetero) is 1. The Morgan fingerprint density at radius 2 is 1.62 bits per heavy atom. The normalized spacial score (nSPS) is 16.4. The number of carbonyl (C=O) groups is 2. The van der Waals surface area contributed by atoms with Crippen molar-refractivity contribution in [1.29, 1.82) is 0 Å². The minimum atomic E-state index is -0.376. The zero-order valence-corrected chi connectivity index (χ0v) is 16.6. The second-order valence-corrected chi connectivity index (χ2v) is 7.10.